The molecule has 2 N–H and O–H groups in total. The van der Waals surface area contributed by atoms with Crippen molar-refractivity contribution < 1.29 is 14.6 Å². The normalized spacial score (nSPS) is 16.2. The molecule has 9 heteroatoms. The largest absolute Gasteiger partial charge is 0.491 e. The van der Waals surface area contributed by atoms with Crippen LogP contribution in [0.25, 0.3) is 5.95 Å². The minimum atomic E-state index is -0.156. The summed E-state index contributed by atoms with van der Waals surface area (Å²) in [7, 11) is 0. The Kier molecular flexibility index (Phi) is 7.08. The zero-order valence-electron chi connectivity index (χ0n) is 18.1. The minimum absolute atomic E-state index is 0.00816. The highest BCUT2D eigenvalue weighted by Crippen LogP contribution is 2.22. The highest BCUT2D eigenvalue weighted by Gasteiger charge is 2.30. The third-order valence-corrected chi connectivity index (χ3v) is 5.41. The van der Waals surface area contributed by atoms with E-state index in [9.17, 15) is 4.79 Å². The fourth-order valence-electron chi connectivity index (χ4n) is 3.90. The number of nitrogens with one attached hydrogen (secondary N) is 1. The number of aromatic nitrogens is 4. The van der Waals surface area contributed by atoms with Crippen LogP contribution in [-0.4, -0.2) is 61.2 Å². The summed E-state index contributed by atoms with van der Waals surface area (Å²) in [4.78, 5) is 28.2. The van der Waals surface area contributed by atoms with Crippen LogP contribution in [0.2, 0.25) is 0 Å². The molecule has 1 saturated heterocycles. The first-order valence-corrected chi connectivity index (χ1v) is 10.8. The molecule has 0 bridgehead atoms. The maximum Gasteiger partial charge on any atom is 0.237 e. The SMILES string of the molecule is Cc1cc(CNC(=O)C2CCCN2Cc2ccc(OCCO)cc2)nc(-n2ccnc2)n1. The van der Waals surface area contributed by atoms with Crippen molar-refractivity contribution in [3.05, 3.63) is 66.0 Å². The van der Waals surface area contributed by atoms with Gasteiger partial charge in [-0.05, 0) is 50.1 Å². The average molecular weight is 437 g/mol. The number of ether oxygens (including phenoxy) is 1. The number of aliphatic hydroxyl groups is 1. The van der Waals surface area contributed by atoms with Crippen LogP contribution in [0.1, 0.15) is 29.8 Å². The Labute approximate surface area is 187 Å². The van der Waals surface area contributed by atoms with Gasteiger partial charge in [0.2, 0.25) is 11.9 Å². The summed E-state index contributed by atoms with van der Waals surface area (Å²) in [5.74, 6) is 1.29. The Morgan fingerprint density at radius 2 is 2.12 bits per heavy atom. The molecule has 1 aliphatic heterocycles. The number of likely N-dealkylation sites (tertiary alicyclic amines) is 1. The average Bonchev–Trinajstić information content (AvgIpc) is 3.49. The molecule has 0 spiro atoms. The third kappa shape index (κ3) is 5.49. The number of rotatable bonds is 9. The second-order valence-electron chi connectivity index (χ2n) is 7.83. The lowest BCUT2D eigenvalue weighted by atomic mass is 10.1. The molecule has 0 aliphatic carbocycles. The van der Waals surface area contributed by atoms with E-state index in [0.29, 0.717) is 19.0 Å². The van der Waals surface area contributed by atoms with Crippen molar-refractivity contribution in [2.24, 2.45) is 0 Å². The van der Waals surface area contributed by atoms with Gasteiger partial charge in [-0.3, -0.25) is 14.3 Å². The van der Waals surface area contributed by atoms with E-state index in [1.165, 1.54) is 0 Å². The topological polar surface area (TPSA) is 105 Å². The number of nitrogens with zero attached hydrogens (tertiary/aromatic N) is 5. The minimum Gasteiger partial charge on any atom is -0.491 e. The van der Waals surface area contributed by atoms with Crippen LogP contribution in [0.5, 0.6) is 5.75 Å². The molecule has 1 atom stereocenters. The summed E-state index contributed by atoms with van der Waals surface area (Å²) in [6.07, 6.45) is 6.95. The van der Waals surface area contributed by atoms with E-state index in [2.05, 4.69) is 25.2 Å². The van der Waals surface area contributed by atoms with E-state index in [0.717, 1.165) is 42.1 Å². The van der Waals surface area contributed by atoms with Crippen LogP contribution in [0, 0.1) is 6.92 Å². The number of imidazole rings is 1. The number of aryl methyl sites for hydroxylation is 1. The van der Waals surface area contributed by atoms with Gasteiger partial charge in [-0.15, -0.1) is 0 Å². The third-order valence-electron chi connectivity index (χ3n) is 5.41. The van der Waals surface area contributed by atoms with Gasteiger partial charge >= 0.3 is 0 Å². The van der Waals surface area contributed by atoms with E-state index in [-0.39, 0.29) is 25.2 Å². The van der Waals surface area contributed by atoms with Gasteiger partial charge in [-0.25, -0.2) is 15.0 Å². The van der Waals surface area contributed by atoms with Gasteiger partial charge in [0.1, 0.15) is 18.7 Å². The van der Waals surface area contributed by atoms with Crippen LogP contribution in [0.15, 0.2) is 49.1 Å². The van der Waals surface area contributed by atoms with Gasteiger partial charge in [0.15, 0.2) is 0 Å². The van der Waals surface area contributed by atoms with Crippen molar-refractivity contribution >= 4 is 5.91 Å². The molecule has 1 fully saturated rings. The van der Waals surface area contributed by atoms with Crippen LogP contribution in [0.3, 0.4) is 0 Å². The maximum absolute atomic E-state index is 12.9. The van der Waals surface area contributed by atoms with Gasteiger partial charge in [0.05, 0.1) is 24.9 Å². The summed E-state index contributed by atoms with van der Waals surface area (Å²) in [6, 6.07) is 9.52. The van der Waals surface area contributed by atoms with E-state index in [1.54, 1.807) is 23.3 Å². The predicted octanol–water partition coefficient (Wildman–Crippen LogP) is 1.62. The van der Waals surface area contributed by atoms with Crippen LogP contribution >= 0.6 is 0 Å². The summed E-state index contributed by atoms with van der Waals surface area (Å²) in [5, 5.41) is 11.9. The van der Waals surface area contributed by atoms with Crippen molar-refractivity contribution in [3.63, 3.8) is 0 Å². The Morgan fingerprint density at radius 3 is 2.88 bits per heavy atom. The molecule has 1 aromatic carbocycles. The highest BCUT2D eigenvalue weighted by atomic mass is 16.5. The van der Waals surface area contributed by atoms with E-state index >= 15 is 0 Å². The number of hydrogen-bond acceptors (Lipinski definition) is 7. The number of carbonyl (C=O) groups is 1. The molecule has 0 saturated carbocycles. The van der Waals surface area contributed by atoms with Crippen molar-refractivity contribution in [2.75, 3.05) is 19.8 Å². The van der Waals surface area contributed by atoms with E-state index in [4.69, 9.17) is 9.84 Å². The molecule has 4 rings (SSSR count). The van der Waals surface area contributed by atoms with Gasteiger partial charge in [-0.1, -0.05) is 12.1 Å². The molecule has 32 heavy (non-hydrogen) atoms. The van der Waals surface area contributed by atoms with Crippen LogP contribution in [0.4, 0.5) is 0 Å². The molecule has 168 valence electrons. The molecule has 3 aromatic rings. The Hall–Kier alpha value is -3.30. The zero-order chi connectivity index (χ0) is 22.3. The fourth-order valence-corrected chi connectivity index (χ4v) is 3.90. The second kappa shape index (κ2) is 10.3. The van der Waals surface area contributed by atoms with Crippen molar-refractivity contribution in [1.82, 2.24) is 29.7 Å². The summed E-state index contributed by atoms with van der Waals surface area (Å²) >= 11 is 0. The van der Waals surface area contributed by atoms with Gasteiger partial charge in [0, 0.05) is 24.6 Å². The molecular weight excluding hydrogens is 408 g/mol. The van der Waals surface area contributed by atoms with Gasteiger partial charge in [0.25, 0.3) is 0 Å². The first-order chi connectivity index (χ1) is 15.6. The van der Waals surface area contributed by atoms with Gasteiger partial charge in [-0.2, -0.15) is 0 Å². The Bertz CT molecular complexity index is 1020. The Morgan fingerprint density at radius 1 is 1.28 bits per heavy atom. The monoisotopic (exact) mass is 436 g/mol. The first kappa shape index (κ1) is 21.9. The molecule has 0 radical (unpaired) electrons. The van der Waals surface area contributed by atoms with E-state index < -0.39 is 0 Å². The molecule has 1 unspecified atom stereocenters. The zero-order valence-corrected chi connectivity index (χ0v) is 18.1. The molecule has 3 heterocycles. The van der Waals surface area contributed by atoms with Gasteiger partial charge < -0.3 is 15.2 Å². The molecule has 9 nitrogen and oxygen atoms in total. The number of benzene rings is 1. The van der Waals surface area contributed by atoms with Crippen LogP contribution in [-0.2, 0) is 17.9 Å². The summed E-state index contributed by atoms with van der Waals surface area (Å²) in [6.45, 7) is 4.13. The van der Waals surface area contributed by atoms with Crippen LogP contribution < -0.4 is 10.1 Å². The van der Waals surface area contributed by atoms with Crippen molar-refractivity contribution in [2.45, 2.75) is 38.9 Å². The quantitative estimate of drug-likeness (QED) is 0.525. The molecule has 1 aliphatic rings. The Balaban J connectivity index is 1.35. The van der Waals surface area contributed by atoms with Crippen molar-refractivity contribution in [3.8, 4) is 11.7 Å². The lowest BCUT2D eigenvalue weighted by molar-refractivity contribution is -0.125. The number of amides is 1. The molecule has 1 amide bonds. The maximum atomic E-state index is 12.9. The number of carbonyl (C=O) groups excluding carboxylic acids is 1. The highest BCUT2D eigenvalue weighted by molar-refractivity contribution is 5.82. The number of aliphatic hydroxyl groups excluding tert-OH is 1. The molecular formula is C23H28N6O3. The summed E-state index contributed by atoms with van der Waals surface area (Å²) < 4.78 is 7.16. The number of hydrogen-bond donors (Lipinski definition) is 2. The lowest BCUT2D eigenvalue weighted by Crippen LogP contribution is -2.42. The predicted molar refractivity (Wildman–Crippen MR) is 118 cm³/mol. The summed E-state index contributed by atoms with van der Waals surface area (Å²) in [5.41, 5.74) is 2.72. The lowest BCUT2D eigenvalue weighted by Gasteiger charge is -2.24. The van der Waals surface area contributed by atoms with Crippen molar-refractivity contribution in [1.29, 1.82) is 0 Å². The smallest absolute Gasteiger partial charge is 0.237 e. The standard InChI is InChI=1S/C23H28N6O3/c1-17-13-19(27-23(26-17)29-10-8-24-16-29)14-25-22(31)21-3-2-9-28(21)15-18-4-6-20(7-5-18)32-12-11-30/h4-8,10,13,16,21,30H,2-3,9,11-12,14-15H2,1H3,(H,25,31). The fraction of sp³-hybridized carbons (Fsp3) is 0.391. The first-order valence-electron chi connectivity index (χ1n) is 10.8. The molecule has 2 aromatic heterocycles. The van der Waals surface area contributed by atoms with E-state index in [1.807, 2.05) is 37.3 Å². The second-order valence-corrected chi connectivity index (χ2v) is 7.83.